The number of nitrogens with zero attached hydrogens (tertiary/aromatic N) is 2. The molecule has 1 amide bonds. The first-order valence-electron chi connectivity index (χ1n) is 7.51. The summed E-state index contributed by atoms with van der Waals surface area (Å²) in [4.78, 5) is 17.4. The van der Waals surface area contributed by atoms with Crippen LogP contribution in [0.5, 0.6) is 0 Å². The maximum atomic E-state index is 13.2. The molecule has 1 unspecified atom stereocenters. The summed E-state index contributed by atoms with van der Waals surface area (Å²) in [5.74, 6) is -0.162. The van der Waals surface area contributed by atoms with Gasteiger partial charge in [0.05, 0.1) is 17.5 Å². The molecule has 0 saturated heterocycles. The van der Waals surface area contributed by atoms with Gasteiger partial charge in [-0.25, -0.2) is 4.39 Å². The number of thioether (sulfide) groups is 1. The Kier molecular flexibility index (Phi) is 4.68. The van der Waals surface area contributed by atoms with Crippen LogP contribution in [-0.4, -0.2) is 38.0 Å². The monoisotopic (exact) mass is 330 g/mol. The lowest BCUT2D eigenvalue weighted by molar-refractivity contribution is -0.119. The van der Waals surface area contributed by atoms with Crippen molar-refractivity contribution in [2.45, 2.75) is 10.1 Å². The lowest BCUT2D eigenvalue weighted by Crippen LogP contribution is -2.41. The van der Waals surface area contributed by atoms with Gasteiger partial charge in [-0.2, -0.15) is 0 Å². The number of carbonyl (C=O) groups is 1. The average Bonchev–Trinajstić information content (AvgIpc) is 2.54. The van der Waals surface area contributed by atoms with Gasteiger partial charge < -0.3 is 9.80 Å². The summed E-state index contributed by atoms with van der Waals surface area (Å²) in [6, 6.07) is 14.5. The predicted octanol–water partition coefficient (Wildman–Crippen LogP) is 3.57. The average molecular weight is 330 g/mol. The number of carbonyl (C=O) groups excluding carboxylic acids is 1. The lowest BCUT2D eigenvalue weighted by Gasteiger charge is -2.35. The zero-order chi connectivity index (χ0) is 16.4. The van der Waals surface area contributed by atoms with Gasteiger partial charge in [-0.15, -0.1) is 11.8 Å². The number of halogens is 1. The third kappa shape index (κ3) is 3.57. The van der Waals surface area contributed by atoms with E-state index >= 15 is 0 Å². The lowest BCUT2D eigenvalue weighted by atomic mass is 10.1. The van der Waals surface area contributed by atoms with E-state index in [1.807, 2.05) is 48.2 Å². The first-order chi connectivity index (χ1) is 11.0. The van der Waals surface area contributed by atoms with Crippen LogP contribution < -0.4 is 4.90 Å². The number of anilines is 1. The van der Waals surface area contributed by atoms with Crippen molar-refractivity contribution in [3.8, 4) is 0 Å². The SMILES string of the molecule is CN(C)CC(=O)N1CC(c2ccc(F)cc2)Sc2ccccc21. The number of amides is 1. The van der Waals surface area contributed by atoms with Crippen LogP contribution in [0.1, 0.15) is 10.8 Å². The van der Waals surface area contributed by atoms with Crippen molar-refractivity contribution < 1.29 is 9.18 Å². The highest BCUT2D eigenvalue weighted by molar-refractivity contribution is 7.99. The van der Waals surface area contributed by atoms with Crippen molar-refractivity contribution in [2.75, 3.05) is 32.1 Å². The molecule has 0 radical (unpaired) electrons. The molecule has 0 saturated carbocycles. The number of rotatable bonds is 3. The molecule has 0 spiro atoms. The molecule has 0 fully saturated rings. The Balaban J connectivity index is 1.92. The maximum Gasteiger partial charge on any atom is 0.241 e. The minimum absolute atomic E-state index is 0.0786. The second-order valence-electron chi connectivity index (χ2n) is 5.87. The highest BCUT2D eigenvalue weighted by Crippen LogP contribution is 2.45. The fourth-order valence-electron chi connectivity index (χ4n) is 2.68. The maximum absolute atomic E-state index is 13.2. The summed E-state index contributed by atoms with van der Waals surface area (Å²) >= 11 is 1.73. The summed E-state index contributed by atoms with van der Waals surface area (Å²) < 4.78 is 13.2. The van der Waals surface area contributed by atoms with Gasteiger partial charge in [0.15, 0.2) is 0 Å². The van der Waals surface area contributed by atoms with Gasteiger partial charge in [-0.1, -0.05) is 24.3 Å². The summed E-state index contributed by atoms with van der Waals surface area (Å²) in [5.41, 5.74) is 2.00. The highest BCUT2D eigenvalue weighted by Gasteiger charge is 2.29. The Labute approximate surface area is 140 Å². The van der Waals surface area contributed by atoms with Crippen molar-refractivity contribution in [2.24, 2.45) is 0 Å². The molecular formula is C18H19FN2OS. The van der Waals surface area contributed by atoms with E-state index in [1.165, 1.54) is 12.1 Å². The number of hydrogen-bond acceptors (Lipinski definition) is 3. The van der Waals surface area contributed by atoms with Crippen LogP contribution >= 0.6 is 11.8 Å². The predicted molar refractivity (Wildman–Crippen MR) is 92.3 cm³/mol. The van der Waals surface area contributed by atoms with E-state index in [0.29, 0.717) is 13.1 Å². The van der Waals surface area contributed by atoms with Crippen LogP contribution in [0.2, 0.25) is 0 Å². The van der Waals surface area contributed by atoms with Gasteiger partial charge in [0, 0.05) is 11.4 Å². The van der Waals surface area contributed by atoms with Crippen LogP contribution in [0.3, 0.4) is 0 Å². The van der Waals surface area contributed by atoms with Crippen LogP contribution in [0.25, 0.3) is 0 Å². The number of benzene rings is 2. The van der Waals surface area contributed by atoms with E-state index < -0.39 is 0 Å². The van der Waals surface area contributed by atoms with Crippen LogP contribution in [-0.2, 0) is 4.79 Å². The molecule has 2 aromatic rings. The Bertz CT molecular complexity index is 702. The summed E-state index contributed by atoms with van der Waals surface area (Å²) in [6.45, 7) is 0.967. The third-order valence-corrected chi connectivity index (χ3v) is 5.07. The number of hydrogen-bond donors (Lipinski definition) is 0. The molecule has 3 rings (SSSR count). The molecule has 23 heavy (non-hydrogen) atoms. The molecule has 120 valence electrons. The molecule has 2 aromatic carbocycles. The van der Waals surface area contributed by atoms with Crippen LogP contribution in [0, 0.1) is 5.82 Å². The Hall–Kier alpha value is -1.85. The van der Waals surface area contributed by atoms with Gasteiger partial charge in [0.2, 0.25) is 5.91 Å². The second kappa shape index (κ2) is 6.72. The van der Waals surface area contributed by atoms with Crippen molar-refractivity contribution >= 4 is 23.4 Å². The fourth-order valence-corrected chi connectivity index (χ4v) is 3.96. The number of likely N-dealkylation sites (N-methyl/N-ethyl adjacent to an activating group) is 1. The van der Waals surface area contributed by atoms with Crippen LogP contribution in [0.15, 0.2) is 53.4 Å². The quantitative estimate of drug-likeness (QED) is 0.860. The topological polar surface area (TPSA) is 23.6 Å². The van der Waals surface area contributed by atoms with E-state index in [1.54, 1.807) is 23.9 Å². The van der Waals surface area contributed by atoms with E-state index in [-0.39, 0.29) is 17.0 Å². The minimum atomic E-state index is -0.240. The van der Waals surface area contributed by atoms with E-state index in [9.17, 15) is 9.18 Å². The second-order valence-corrected chi connectivity index (χ2v) is 7.11. The molecule has 0 bridgehead atoms. The summed E-state index contributed by atoms with van der Waals surface area (Å²) in [6.07, 6.45) is 0. The van der Waals surface area contributed by atoms with Crippen molar-refractivity contribution in [1.29, 1.82) is 0 Å². The molecule has 0 aromatic heterocycles. The molecule has 0 aliphatic carbocycles. The van der Waals surface area contributed by atoms with Crippen molar-refractivity contribution in [3.05, 3.63) is 59.9 Å². The Morgan fingerprint density at radius 2 is 1.91 bits per heavy atom. The standard InChI is InChI=1S/C18H19FN2OS/c1-20(2)12-18(22)21-11-17(13-7-9-14(19)10-8-13)23-16-6-4-3-5-15(16)21/h3-10,17H,11-12H2,1-2H3. The third-order valence-electron chi connectivity index (χ3n) is 3.77. The fraction of sp³-hybridized carbons (Fsp3) is 0.278. The van der Waals surface area contributed by atoms with Gasteiger partial charge in [0.25, 0.3) is 0 Å². The first-order valence-corrected chi connectivity index (χ1v) is 8.39. The molecule has 1 aliphatic heterocycles. The van der Waals surface area contributed by atoms with Crippen molar-refractivity contribution in [3.63, 3.8) is 0 Å². The zero-order valence-corrected chi connectivity index (χ0v) is 14.0. The highest BCUT2D eigenvalue weighted by atomic mass is 32.2. The molecule has 1 aliphatic rings. The molecular weight excluding hydrogens is 311 g/mol. The largest absolute Gasteiger partial charge is 0.309 e. The van der Waals surface area contributed by atoms with Gasteiger partial charge in [0.1, 0.15) is 5.82 Å². The molecule has 0 N–H and O–H groups in total. The van der Waals surface area contributed by atoms with E-state index in [2.05, 4.69) is 0 Å². The van der Waals surface area contributed by atoms with E-state index in [0.717, 1.165) is 16.1 Å². The Morgan fingerprint density at radius 3 is 2.61 bits per heavy atom. The number of fused-ring (bicyclic) bond motifs is 1. The smallest absolute Gasteiger partial charge is 0.241 e. The van der Waals surface area contributed by atoms with Gasteiger partial charge >= 0.3 is 0 Å². The molecule has 3 nitrogen and oxygen atoms in total. The Morgan fingerprint density at radius 1 is 1.22 bits per heavy atom. The number of para-hydroxylation sites is 1. The molecule has 1 atom stereocenters. The summed E-state index contributed by atoms with van der Waals surface area (Å²) in [5, 5.41) is 0.108. The summed E-state index contributed by atoms with van der Waals surface area (Å²) in [7, 11) is 3.78. The molecule has 1 heterocycles. The normalized spacial score (nSPS) is 17.2. The van der Waals surface area contributed by atoms with Gasteiger partial charge in [-0.05, 0) is 43.9 Å². The molecule has 5 heteroatoms. The minimum Gasteiger partial charge on any atom is -0.309 e. The first kappa shape index (κ1) is 16.0. The van der Waals surface area contributed by atoms with Crippen LogP contribution in [0.4, 0.5) is 10.1 Å². The zero-order valence-electron chi connectivity index (χ0n) is 13.2. The van der Waals surface area contributed by atoms with Gasteiger partial charge in [-0.3, -0.25) is 4.79 Å². The van der Waals surface area contributed by atoms with E-state index in [4.69, 9.17) is 0 Å². The van der Waals surface area contributed by atoms with Crippen molar-refractivity contribution in [1.82, 2.24) is 4.90 Å².